The molecule has 0 aliphatic heterocycles. The molecule has 0 unspecified atom stereocenters. The van der Waals surface area contributed by atoms with Crippen LogP contribution >= 0.6 is 0 Å². The standard InChI is InChI=1S/C22H22FNO/c1-16(18-6-4-3-5-7-18)24-15-17-8-13-22(25-2)21(14-17)19-9-11-20(23)12-10-19/h3-14,16,24H,15H2,1-2H3/t16-/m1/s1. The molecule has 0 saturated carbocycles. The predicted molar refractivity (Wildman–Crippen MR) is 100 cm³/mol. The zero-order chi connectivity index (χ0) is 17.6. The summed E-state index contributed by atoms with van der Waals surface area (Å²) in [5, 5.41) is 3.54. The number of methoxy groups -OCH3 is 1. The van der Waals surface area contributed by atoms with E-state index in [-0.39, 0.29) is 11.9 Å². The van der Waals surface area contributed by atoms with Crippen molar-refractivity contribution in [2.75, 3.05) is 7.11 Å². The maximum Gasteiger partial charge on any atom is 0.126 e. The van der Waals surface area contributed by atoms with Gasteiger partial charge >= 0.3 is 0 Å². The molecule has 0 aliphatic rings. The van der Waals surface area contributed by atoms with E-state index in [1.165, 1.54) is 17.7 Å². The van der Waals surface area contributed by atoms with Gasteiger partial charge in [0.15, 0.2) is 0 Å². The fraction of sp³-hybridized carbons (Fsp3) is 0.182. The Morgan fingerprint density at radius 1 is 0.960 bits per heavy atom. The first kappa shape index (κ1) is 17.2. The highest BCUT2D eigenvalue weighted by Gasteiger charge is 2.09. The van der Waals surface area contributed by atoms with Gasteiger partial charge in [-0.05, 0) is 47.9 Å². The van der Waals surface area contributed by atoms with E-state index in [0.717, 1.165) is 29.0 Å². The molecule has 0 heterocycles. The van der Waals surface area contributed by atoms with Crippen LogP contribution in [0.2, 0.25) is 0 Å². The van der Waals surface area contributed by atoms with Crippen LogP contribution < -0.4 is 10.1 Å². The van der Waals surface area contributed by atoms with Crippen molar-refractivity contribution in [3.8, 4) is 16.9 Å². The fourth-order valence-corrected chi connectivity index (χ4v) is 2.85. The molecular formula is C22H22FNO. The molecule has 3 aromatic carbocycles. The Morgan fingerprint density at radius 2 is 1.68 bits per heavy atom. The Balaban J connectivity index is 1.78. The summed E-state index contributed by atoms with van der Waals surface area (Å²) in [5.74, 6) is 0.545. The molecule has 2 nitrogen and oxygen atoms in total. The Kier molecular flexibility index (Phi) is 5.46. The second-order valence-electron chi connectivity index (χ2n) is 6.05. The number of nitrogens with one attached hydrogen (secondary N) is 1. The van der Waals surface area contributed by atoms with Gasteiger partial charge in [0.25, 0.3) is 0 Å². The monoisotopic (exact) mass is 335 g/mol. The van der Waals surface area contributed by atoms with E-state index in [4.69, 9.17) is 4.74 Å². The van der Waals surface area contributed by atoms with Gasteiger partial charge in [-0.25, -0.2) is 4.39 Å². The Hall–Kier alpha value is -2.65. The third kappa shape index (κ3) is 4.25. The van der Waals surface area contributed by atoms with E-state index in [1.807, 2.05) is 24.3 Å². The van der Waals surface area contributed by atoms with Crippen LogP contribution in [-0.4, -0.2) is 7.11 Å². The second-order valence-corrected chi connectivity index (χ2v) is 6.05. The van der Waals surface area contributed by atoms with Crippen LogP contribution in [0.5, 0.6) is 5.75 Å². The molecule has 0 aromatic heterocycles. The topological polar surface area (TPSA) is 21.3 Å². The van der Waals surface area contributed by atoms with Gasteiger partial charge in [-0.2, -0.15) is 0 Å². The van der Waals surface area contributed by atoms with Gasteiger partial charge in [-0.3, -0.25) is 0 Å². The van der Waals surface area contributed by atoms with Gasteiger partial charge in [-0.15, -0.1) is 0 Å². The summed E-state index contributed by atoms with van der Waals surface area (Å²) in [5.41, 5.74) is 4.32. The Morgan fingerprint density at radius 3 is 2.36 bits per heavy atom. The van der Waals surface area contributed by atoms with Crippen molar-refractivity contribution >= 4 is 0 Å². The fourth-order valence-electron chi connectivity index (χ4n) is 2.85. The van der Waals surface area contributed by atoms with E-state index in [1.54, 1.807) is 19.2 Å². The molecule has 128 valence electrons. The third-order valence-electron chi connectivity index (χ3n) is 4.33. The van der Waals surface area contributed by atoms with Gasteiger partial charge in [0.05, 0.1) is 7.11 Å². The molecule has 0 radical (unpaired) electrons. The Bertz CT molecular complexity index is 815. The average molecular weight is 335 g/mol. The highest BCUT2D eigenvalue weighted by Crippen LogP contribution is 2.31. The number of benzene rings is 3. The molecule has 0 bridgehead atoms. The van der Waals surface area contributed by atoms with Crippen molar-refractivity contribution in [2.24, 2.45) is 0 Å². The Labute approximate surface area is 148 Å². The zero-order valence-corrected chi connectivity index (χ0v) is 14.5. The summed E-state index contributed by atoms with van der Waals surface area (Å²) < 4.78 is 18.7. The molecule has 25 heavy (non-hydrogen) atoms. The minimum atomic E-state index is -0.239. The number of hydrogen-bond donors (Lipinski definition) is 1. The van der Waals surface area contributed by atoms with Crippen molar-refractivity contribution in [2.45, 2.75) is 19.5 Å². The first-order chi connectivity index (χ1) is 12.2. The minimum Gasteiger partial charge on any atom is -0.496 e. The lowest BCUT2D eigenvalue weighted by molar-refractivity contribution is 0.416. The molecule has 1 N–H and O–H groups in total. The lowest BCUT2D eigenvalue weighted by Gasteiger charge is -2.16. The van der Waals surface area contributed by atoms with Crippen LogP contribution in [0.1, 0.15) is 24.1 Å². The first-order valence-electron chi connectivity index (χ1n) is 8.38. The molecule has 1 atom stereocenters. The van der Waals surface area contributed by atoms with Crippen LogP contribution in [-0.2, 0) is 6.54 Å². The van der Waals surface area contributed by atoms with Gasteiger partial charge in [0.2, 0.25) is 0 Å². The van der Waals surface area contributed by atoms with Crippen LogP contribution in [0, 0.1) is 5.82 Å². The van der Waals surface area contributed by atoms with Gasteiger partial charge in [0.1, 0.15) is 11.6 Å². The summed E-state index contributed by atoms with van der Waals surface area (Å²) >= 11 is 0. The van der Waals surface area contributed by atoms with Crippen LogP contribution in [0.3, 0.4) is 0 Å². The summed E-state index contributed by atoms with van der Waals surface area (Å²) in [6, 6.07) is 23.2. The molecule has 3 heteroatoms. The highest BCUT2D eigenvalue weighted by atomic mass is 19.1. The number of hydrogen-bond acceptors (Lipinski definition) is 2. The quantitative estimate of drug-likeness (QED) is 0.655. The molecule has 0 spiro atoms. The molecule has 0 amide bonds. The normalized spacial score (nSPS) is 12.0. The zero-order valence-electron chi connectivity index (χ0n) is 14.5. The number of rotatable bonds is 6. The lowest BCUT2D eigenvalue weighted by Crippen LogP contribution is -2.18. The summed E-state index contributed by atoms with van der Waals surface area (Å²) in [6.07, 6.45) is 0. The van der Waals surface area contributed by atoms with Crippen molar-refractivity contribution in [1.82, 2.24) is 5.32 Å². The lowest BCUT2D eigenvalue weighted by atomic mass is 10.0. The second kappa shape index (κ2) is 7.95. The number of ether oxygens (including phenoxy) is 1. The minimum absolute atomic E-state index is 0.239. The average Bonchev–Trinajstić information content (AvgIpc) is 2.67. The molecule has 0 aliphatic carbocycles. The van der Waals surface area contributed by atoms with E-state index in [9.17, 15) is 4.39 Å². The molecule has 3 rings (SSSR count). The largest absolute Gasteiger partial charge is 0.496 e. The predicted octanol–water partition coefficient (Wildman–Crippen LogP) is 5.35. The van der Waals surface area contributed by atoms with Crippen molar-refractivity contribution in [3.63, 3.8) is 0 Å². The van der Waals surface area contributed by atoms with Gasteiger partial charge in [0, 0.05) is 18.2 Å². The van der Waals surface area contributed by atoms with Crippen molar-refractivity contribution in [3.05, 3.63) is 89.7 Å². The molecule has 0 fully saturated rings. The van der Waals surface area contributed by atoms with Gasteiger partial charge < -0.3 is 10.1 Å². The highest BCUT2D eigenvalue weighted by molar-refractivity contribution is 5.71. The molecule has 3 aromatic rings. The SMILES string of the molecule is COc1ccc(CN[C@H](C)c2ccccc2)cc1-c1ccc(F)cc1. The van der Waals surface area contributed by atoms with Crippen LogP contribution in [0.4, 0.5) is 4.39 Å². The third-order valence-corrected chi connectivity index (χ3v) is 4.33. The van der Waals surface area contributed by atoms with Gasteiger partial charge in [-0.1, -0.05) is 48.5 Å². The van der Waals surface area contributed by atoms with E-state index in [2.05, 4.69) is 36.5 Å². The maximum absolute atomic E-state index is 13.2. The summed E-state index contributed by atoms with van der Waals surface area (Å²) in [4.78, 5) is 0. The van der Waals surface area contributed by atoms with Crippen LogP contribution in [0.15, 0.2) is 72.8 Å². The van der Waals surface area contributed by atoms with Crippen LogP contribution in [0.25, 0.3) is 11.1 Å². The summed E-state index contributed by atoms with van der Waals surface area (Å²) in [7, 11) is 1.65. The van der Waals surface area contributed by atoms with E-state index >= 15 is 0 Å². The van der Waals surface area contributed by atoms with E-state index in [0.29, 0.717) is 0 Å². The molecule has 0 saturated heterocycles. The van der Waals surface area contributed by atoms with E-state index < -0.39 is 0 Å². The maximum atomic E-state index is 13.2. The summed E-state index contributed by atoms with van der Waals surface area (Å²) in [6.45, 7) is 2.90. The smallest absolute Gasteiger partial charge is 0.126 e. The van der Waals surface area contributed by atoms with Crippen molar-refractivity contribution in [1.29, 1.82) is 0 Å². The first-order valence-corrected chi connectivity index (χ1v) is 8.38. The number of halogens is 1. The molecular weight excluding hydrogens is 313 g/mol. The van der Waals surface area contributed by atoms with Crippen molar-refractivity contribution < 1.29 is 9.13 Å².